The summed E-state index contributed by atoms with van der Waals surface area (Å²) in [6.07, 6.45) is 5.12. The van der Waals surface area contributed by atoms with Crippen LogP contribution in [0.5, 0.6) is 0 Å². The summed E-state index contributed by atoms with van der Waals surface area (Å²) >= 11 is 1.65. The van der Waals surface area contributed by atoms with Crippen molar-refractivity contribution in [1.29, 1.82) is 0 Å². The second-order valence-corrected chi connectivity index (χ2v) is 7.39. The van der Waals surface area contributed by atoms with Crippen molar-refractivity contribution in [3.8, 4) is 0 Å². The molecule has 2 N–H and O–H groups in total. The number of pyridine rings is 1. The Bertz CT molecular complexity index is 960. The molecule has 0 bridgehead atoms. The molecule has 1 saturated heterocycles. The van der Waals surface area contributed by atoms with E-state index in [-0.39, 0.29) is 18.0 Å². The Kier molecular flexibility index (Phi) is 5.34. The first-order valence-corrected chi connectivity index (χ1v) is 10.1. The number of carbonyl (C=O) groups excluding carboxylic acids is 2. The molecule has 1 atom stereocenters. The lowest BCUT2D eigenvalue weighted by Gasteiger charge is -2.24. The zero-order valence-electron chi connectivity index (χ0n) is 15.2. The Hall–Kier alpha value is -3.19. The number of nitrogens with one attached hydrogen (secondary N) is 2. The Morgan fingerprint density at radius 3 is 2.61 bits per heavy atom. The molecule has 3 aromatic rings. The fourth-order valence-corrected chi connectivity index (χ4v) is 4.10. The quantitative estimate of drug-likeness (QED) is 0.672. The number of anilines is 2. The third-order valence-corrected chi connectivity index (χ3v) is 5.46. The molecule has 0 unspecified atom stereocenters. The Morgan fingerprint density at radius 2 is 1.86 bits per heavy atom. The van der Waals surface area contributed by atoms with Crippen molar-refractivity contribution in [2.75, 3.05) is 17.2 Å². The van der Waals surface area contributed by atoms with Gasteiger partial charge in [0.05, 0.1) is 6.04 Å². The van der Waals surface area contributed by atoms with Gasteiger partial charge in [-0.15, -0.1) is 0 Å². The van der Waals surface area contributed by atoms with E-state index in [9.17, 15) is 9.59 Å². The van der Waals surface area contributed by atoms with Crippen LogP contribution in [0.2, 0.25) is 0 Å². The minimum Gasteiger partial charge on any atom is -0.322 e. The van der Waals surface area contributed by atoms with Gasteiger partial charge < -0.3 is 15.5 Å². The van der Waals surface area contributed by atoms with Crippen molar-refractivity contribution in [2.24, 2.45) is 0 Å². The van der Waals surface area contributed by atoms with E-state index in [0.717, 1.165) is 19.4 Å². The van der Waals surface area contributed by atoms with E-state index in [1.54, 1.807) is 54.1 Å². The van der Waals surface area contributed by atoms with Gasteiger partial charge in [-0.05, 0) is 65.6 Å². The molecule has 0 saturated carbocycles. The first-order valence-electron chi connectivity index (χ1n) is 9.12. The number of thiophene rings is 1. The maximum Gasteiger partial charge on any atom is 0.322 e. The molecule has 3 heterocycles. The summed E-state index contributed by atoms with van der Waals surface area (Å²) in [4.78, 5) is 30.9. The van der Waals surface area contributed by atoms with E-state index in [2.05, 4.69) is 27.1 Å². The molecule has 0 aliphatic carbocycles. The molecule has 1 fully saturated rings. The molecule has 6 nitrogen and oxygen atoms in total. The van der Waals surface area contributed by atoms with Crippen molar-refractivity contribution in [2.45, 2.75) is 18.9 Å². The van der Waals surface area contributed by atoms with E-state index in [1.807, 2.05) is 16.3 Å². The van der Waals surface area contributed by atoms with Crippen LogP contribution in [0.4, 0.5) is 16.2 Å². The summed E-state index contributed by atoms with van der Waals surface area (Å²) in [6, 6.07) is 12.6. The normalized spacial score (nSPS) is 16.0. The van der Waals surface area contributed by atoms with Crippen molar-refractivity contribution in [3.05, 3.63) is 76.7 Å². The van der Waals surface area contributed by atoms with Gasteiger partial charge in [0.1, 0.15) is 0 Å². The van der Waals surface area contributed by atoms with Crippen LogP contribution in [0.25, 0.3) is 0 Å². The lowest BCUT2D eigenvalue weighted by atomic mass is 10.1. The number of nitrogens with zero attached hydrogens (tertiary/aromatic N) is 2. The Labute approximate surface area is 167 Å². The number of benzene rings is 1. The minimum atomic E-state index is -0.219. The molecule has 3 amide bonds. The molecule has 28 heavy (non-hydrogen) atoms. The predicted octanol–water partition coefficient (Wildman–Crippen LogP) is 4.76. The molecule has 1 aromatic carbocycles. The van der Waals surface area contributed by atoms with Crippen LogP contribution in [-0.4, -0.2) is 28.4 Å². The zero-order chi connectivity index (χ0) is 19.3. The monoisotopic (exact) mass is 392 g/mol. The number of hydrogen-bond acceptors (Lipinski definition) is 4. The topological polar surface area (TPSA) is 74.3 Å². The molecule has 2 aromatic heterocycles. The lowest BCUT2D eigenvalue weighted by molar-refractivity contribution is 0.102. The average molecular weight is 392 g/mol. The maximum atomic E-state index is 12.8. The van der Waals surface area contributed by atoms with E-state index >= 15 is 0 Å². The molecular formula is C21H20N4O2S. The van der Waals surface area contributed by atoms with Crippen LogP contribution in [0.3, 0.4) is 0 Å². The molecule has 142 valence electrons. The highest BCUT2D eigenvalue weighted by molar-refractivity contribution is 7.08. The van der Waals surface area contributed by atoms with Gasteiger partial charge in [0.2, 0.25) is 0 Å². The van der Waals surface area contributed by atoms with E-state index in [0.29, 0.717) is 16.9 Å². The van der Waals surface area contributed by atoms with Crippen molar-refractivity contribution in [1.82, 2.24) is 9.88 Å². The van der Waals surface area contributed by atoms with Crippen LogP contribution >= 0.6 is 11.3 Å². The highest BCUT2D eigenvalue weighted by atomic mass is 32.1. The number of rotatable bonds is 4. The highest BCUT2D eigenvalue weighted by Gasteiger charge is 2.30. The van der Waals surface area contributed by atoms with Crippen molar-refractivity contribution >= 4 is 34.6 Å². The summed E-state index contributed by atoms with van der Waals surface area (Å²) in [7, 11) is 0. The number of carbonyl (C=O) groups is 2. The van der Waals surface area contributed by atoms with Crippen LogP contribution in [0, 0.1) is 0 Å². The fourth-order valence-electron chi connectivity index (χ4n) is 3.40. The summed E-state index contributed by atoms with van der Waals surface area (Å²) in [5.41, 5.74) is 2.99. The molecule has 0 radical (unpaired) electrons. The first kappa shape index (κ1) is 18.2. The number of amides is 3. The molecule has 7 heteroatoms. The zero-order valence-corrected chi connectivity index (χ0v) is 16.0. The van der Waals surface area contributed by atoms with Gasteiger partial charge in [-0.3, -0.25) is 9.78 Å². The molecular weight excluding hydrogens is 372 g/mol. The van der Waals surface area contributed by atoms with Gasteiger partial charge in [-0.1, -0.05) is 6.07 Å². The highest BCUT2D eigenvalue weighted by Crippen LogP contribution is 2.33. The van der Waals surface area contributed by atoms with Crippen molar-refractivity contribution in [3.63, 3.8) is 0 Å². The average Bonchev–Trinajstić information content (AvgIpc) is 3.40. The second-order valence-electron chi connectivity index (χ2n) is 6.61. The smallest absolute Gasteiger partial charge is 0.322 e. The SMILES string of the molecule is O=C(Nc1cccc(NC(=O)N2CCC[C@H]2c2ccsc2)c1)c1ccncc1. The molecule has 1 aliphatic rings. The van der Waals surface area contributed by atoms with Crippen LogP contribution in [0.15, 0.2) is 65.6 Å². The number of urea groups is 1. The summed E-state index contributed by atoms with van der Waals surface area (Å²) < 4.78 is 0. The van der Waals surface area contributed by atoms with E-state index in [1.165, 1.54) is 5.56 Å². The standard InChI is InChI=1S/C21H20N4O2S/c26-20(15-6-9-22-10-7-15)23-17-3-1-4-18(13-17)24-21(27)25-11-2-5-19(25)16-8-12-28-14-16/h1,3-4,6-10,12-14,19H,2,5,11H2,(H,23,26)(H,24,27)/t19-/m0/s1. The number of likely N-dealkylation sites (tertiary alicyclic amines) is 1. The number of hydrogen-bond donors (Lipinski definition) is 2. The molecule has 1 aliphatic heterocycles. The van der Waals surface area contributed by atoms with E-state index in [4.69, 9.17) is 0 Å². The predicted molar refractivity (Wildman–Crippen MR) is 111 cm³/mol. The van der Waals surface area contributed by atoms with Gasteiger partial charge in [-0.2, -0.15) is 11.3 Å². The lowest BCUT2D eigenvalue weighted by Crippen LogP contribution is -2.34. The van der Waals surface area contributed by atoms with Gasteiger partial charge in [0.25, 0.3) is 5.91 Å². The fraction of sp³-hybridized carbons (Fsp3) is 0.190. The summed E-state index contributed by atoms with van der Waals surface area (Å²) in [5.74, 6) is -0.219. The van der Waals surface area contributed by atoms with Crippen molar-refractivity contribution < 1.29 is 9.59 Å². The summed E-state index contributed by atoms with van der Waals surface area (Å²) in [6.45, 7) is 0.741. The third-order valence-electron chi connectivity index (χ3n) is 4.76. The van der Waals surface area contributed by atoms with Gasteiger partial charge in [0.15, 0.2) is 0 Å². The maximum absolute atomic E-state index is 12.8. The Balaban J connectivity index is 1.43. The summed E-state index contributed by atoms with van der Waals surface area (Å²) in [5, 5.41) is 9.94. The third kappa shape index (κ3) is 4.04. The van der Waals surface area contributed by atoms with E-state index < -0.39 is 0 Å². The largest absolute Gasteiger partial charge is 0.322 e. The second kappa shape index (κ2) is 8.22. The molecule has 0 spiro atoms. The number of aromatic nitrogens is 1. The van der Waals surface area contributed by atoms with Gasteiger partial charge in [-0.25, -0.2) is 4.79 Å². The molecule has 4 rings (SSSR count). The van der Waals surface area contributed by atoms with Crippen LogP contribution in [-0.2, 0) is 0 Å². The first-order chi connectivity index (χ1) is 13.7. The minimum absolute atomic E-state index is 0.119. The van der Waals surface area contributed by atoms with Crippen LogP contribution < -0.4 is 10.6 Å². The van der Waals surface area contributed by atoms with Crippen LogP contribution in [0.1, 0.15) is 34.8 Å². The van der Waals surface area contributed by atoms with Gasteiger partial charge >= 0.3 is 6.03 Å². The Morgan fingerprint density at radius 1 is 1.07 bits per heavy atom. The van der Waals surface area contributed by atoms with Gasteiger partial charge in [0, 0.05) is 35.9 Å².